The number of hydrogen-bond acceptors (Lipinski definition) is 5. The van der Waals surface area contributed by atoms with E-state index in [4.69, 9.17) is 4.74 Å². The number of sulfonamides is 1. The topological polar surface area (TPSA) is 81.5 Å². The molecule has 3 aromatic rings. The molecule has 3 rings (SSSR count). The number of unbranched alkanes of at least 4 members (excludes halogenated alkanes) is 1. The van der Waals surface area contributed by atoms with Crippen LogP contribution < -0.4 is 4.74 Å². The third-order valence-electron chi connectivity index (χ3n) is 5.01. The third-order valence-corrected chi connectivity index (χ3v) is 6.68. The van der Waals surface area contributed by atoms with Gasteiger partial charge in [0.15, 0.2) is 5.03 Å². The molecule has 0 unspecified atom stereocenters. The van der Waals surface area contributed by atoms with Gasteiger partial charge in [0, 0.05) is 33.3 Å². The molecule has 1 heterocycles. The number of carbonyl (C=O) groups is 1. The number of nitrogens with zero attached hydrogens (tertiary/aromatic N) is 3. The highest BCUT2D eigenvalue weighted by molar-refractivity contribution is 7.89. The average Bonchev–Trinajstić information content (AvgIpc) is 3.20. The van der Waals surface area contributed by atoms with Crippen LogP contribution in [0.3, 0.4) is 0 Å². The molecule has 2 aromatic carbocycles. The van der Waals surface area contributed by atoms with Crippen LogP contribution in [0.1, 0.15) is 43.4 Å². The first kappa shape index (κ1) is 23.7. The maximum atomic E-state index is 13.4. The number of aryl methyl sites for hydroxylation is 2. The minimum atomic E-state index is -3.84. The molecule has 0 bridgehead atoms. The van der Waals surface area contributed by atoms with Gasteiger partial charge in [-0.25, -0.2) is 13.4 Å². The van der Waals surface area contributed by atoms with Crippen molar-refractivity contribution in [2.45, 2.75) is 51.2 Å². The van der Waals surface area contributed by atoms with E-state index in [1.807, 2.05) is 18.2 Å². The van der Waals surface area contributed by atoms with E-state index in [1.54, 1.807) is 29.8 Å². The lowest BCUT2D eigenvalue weighted by Crippen LogP contribution is -2.30. The molecule has 0 atom stereocenters. The maximum Gasteiger partial charge on any atom is 0.308 e. The Hall–Kier alpha value is -2.97. The Morgan fingerprint density at radius 1 is 1.06 bits per heavy atom. The van der Waals surface area contributed by atoms with Gasteiger partial charge in [0.25, 0.3) is 10.0 Å². The SMILES string of the molecule is CCCCc1ccc(CN(Cc2cccc(OC(C)=O)c2)S(=O)(=O)c2cn(C)cn2)cc1. The van der Waals surface area contributed by atoms with Gasteiger partial charge >= 0.3 is 5.97 Å². The molecule has 0 amide bonds. The highest BCUT2D eigenvalue weighted by atomic mass is 32.2. The van der Waals surface area contributed by atoms with Crippen molar-refractivity contribution in [3.05, 3.63) is 77.7 Å². The van der Waals surface area contributed by atoms with E-state index in [2.05, 4.69) is 24.0 Å². The van der Waals surface area contributed by atoms with Crippen LogP contribution in [-0.4, -0.2) is 28.2 Å². The molecule has 8 heteroatoms. The largest absolute Gasteiger partial charge is 0.427 e. The molecule has 7 nitrogen and oxygen atoms in total. The zero-order valence-electron chi connectivity index (χ0n) is 18.7. The molecule has 0 aliphatic carbocycles. The molecule has 0 aliphatic heterocycles. The summed E-state index contributed by atoms with van der Waals surface area (Å²) in [6, 6.07) is 14.9. The van der Waals surface area contributed by atoms with Gasteiger partial charge in [0.2, 0.25) is 0 Å². The summed E-state index contributed by atoms with van der Waals surface area (Å²) in [6.07, 6.45) is 6.22. The molecule has 0 spiro atoms. The summed E-state index contributed by atoms with van der Waals surface area (Å²) < 4.78 is 34.9. The van der Waals surface area contributed by atoms with Gasteiger partial charge in [-0.1, -0.05) is 49.7 Å². The fourth-order valence-electron chi connectivity index (χ4n) is 3.35. The highest BCUT2D eigenvalue weighted by Gasteiger charge is 2.27. The molecule has 0 aliphatic rings. The van der Waals surface area contributed by atoms with Crippen LogP contribution in [-0.2, 0) is 41.4 Å². The second-order valence-electron chi connectivity index (χ2n) is 7.81. The Kier molecular flexibility index (Phi) is 7.82. The van der Waals surface area contributed by atoms with Gasteiger partial charge in [-0.3, -0.25) is 4.79 Å². The average molecular weight is 456 g/mol. The molecule has 0 saturated heterocycles. The first-order valence-electron chi connectivity index (χ1n) is 10.6. The molecule has 0 saturated carbocycles. The van der Waals surface area contributed by atoms with Crippen molar-refractivity contribution in [1.29, 1.82) is 0 Å². The van der Waals surface area contributed by atoms with Gasteiger partial charge in [0.1, 0.15) is 5.75 Å². The molecule has 0 radical (unpaired) electrons. The predicted octanol–water partition coefficient (Wildman–Crippen LogP) is 4.08. The zero-order chi connectivity index (χ0) is 23.1. The Morgan fingerprint density at radius 2 is 1.75 bits per heavy atom. The maximum absolute atomic E-state index is 13.4. The fraction of sp³-hybridized carbons (Fsp3) is 0.333. The van der Waals surface area contributed by atoms with Gasteiger partial charge in [0.05, 0.1) is 6.33 Å². The standard InChI is InChI=1S/C24H29N3O4S/c1-4-5-7-20-10-12-21(13-11-20)15-27(32(29,30)24-17-26(3)18-25-24)16-22-8-6-9-23(14-22)31-19(2)28/h6,8-14,17-18H,4-5,7,15-16H2,1-3H3. The Labute approximate surface area is 189 Å². The van der Waals surface area contributed by atoms with E-state index in [0.29, 0.717) is 11.3 Å². The van der Waals surface area contributed by atoms with Crippen molar-refractivity contribution >= 4 is 16.0 Å². The molecule has 170 valence electrons. The number of imidazole rings is 1. The Balaban J connectivity index is 1.89. The van der Waals surface area contributed by atoms with Crippen molar-refractivity contribution in [3.63, 3.8) is 0 Å². The van der Waals surface area contributed by atoms with E-state index < -0.39 is 16.0 Å². The van der Waals surface area contributed by atoms with Gasteiger partial charge in [-0.05, 0) is 41.7 Å². The number of ether oxygens (including phenoxy) is 1. The first-order chi connectivity index (χ1) is 15.3. The van der Waals surface area contributed by atoms with Crippen LogP contribution in [0.5, 0.6) is 5.75 Å². The van der Waals surface area contributed by atoms with Crippen LogP contribution in [0.25, 0.3) is 0 Å². The van der Waals surface area contributed by atoms with E-state index in [0.717, 1.165) is 24.8 Å². The molecule has 1 aromatic heterocycles. The van der Waals surface area contributed by atoms with E-state index in [1.165, 1.54) is 29.3 Å². The van der Waals surface area contributed by atoms with Gasteiger partial charge in [-0.2, -0.15) is 4.31 Å². The van der Waals surface area contributed by atoms with E-state index >= 15 is 0 Å². The second-order valence-corrected chi connectivity index (χ2v) is 9.70. The first-order valence-corrected chi connectivity index (χ1v) is 12.0. The monoisotopic (exact) mass is 455 g/mol. The molecule has 32 heavy (non-hydrogen) atoms. The molecule has 0 N–H and O–H groups in total. The number of hydrogen-bond donors (Lipinski definition) is 0. The molecular weight excluding hydrogens is 426 g/mol. The fourth-order valence-corrected chi connectivity index (χ4v) is 4.74. The predicted molar refractivity (Wildman–Crippen MR) is 122 cm³/mol. The van der Waals surface area contributed by atoms with Crippen LogP contribution >= 0.6 is 0 Å². The summed E-state index contributed by atoms with van der Waals surface area (Å²) in [5, 5.41) is -0.00398. The van der Waals surface area contributed by atoms with Crippen molar-refractivity contribution in [3.8, 4) is 5.75 Å². The molecule has 0 fully saturated rings. The normalized spacial score (nSPS) is 11.6. The summed E-state index contributed by atoms with van der Waals surface area (Å²) in [7, 11) is -2.11. The Morgan fingerprint density at radius 3 is 2.38 bits per heavy atom. The zero-order valence-corrected chi connectivity index (χ0v) is 19.5. The van der Waals surface area contributed by atoms with Crippen molar-refractivity contribution in [1.82, 2.24) is 13.9 Å². The number of aromatic nitrogens is 2. The number of carbonyl (C=O) groups excluding carboxylic acids is 1. The lowest BCUT2D eigenvalue weighted by Gasteiger charge is -2.22. The van der Waals surface area contributed by atoms with Crippen LogP contribution in [0, 0.1) is 0 Å². The lowest BCUT2D eigenvalue weighted by atomic mass is 10.1. The van der Waals surface area contributed by atoms with E-state index in [-0.39, 0.29) is 18.1 Å². The van der Waals surface area contributed by atoms with Crippen molar-refractivity contribution in [2.75, 3.05) is 0 Å². The Bertz CT molecular complexity index is 1150. The number of esters is 1. The third kappa shape index (κ3) is 6.27. The smallest absolute Gasteiger partial charge is 0.308 e. The summed E-state index contributed by atoms with van der Waals surface area (Å²) in [6.45, 7) is 3.80. The van der Waals surface area contributed by atoms with Crippen LogP contribution in [0.15, 0.2) is 66.1 Å². The lowest BCUT2D eigenvalue weighted by molar-refractivity contribution is -0.131. The summed E-state index contributed by atoms with van der Waals surface area (Å²) >= 11 is 0. The number of rotatable bonds is 10. The van der Waals surface area contributed by atoms with Gasteiger partial charge in [-0.15, -0.1) is 0 Å². The highest BCUT2D eigenvalue weighted by Crippen LogP contribution is 2.22. The second kappa shape index (κ2) is 10.6. The van der Waals surface area contributed by atoms with Crippen molar-refractivity contribution in [2.24, 2.45) is 7.05 Å². The minimum Gasteiger partial charge on any atom is -0.427 e. The summed E-state index contributed by atoms with van der Waals surface area (Å²) in [4.78, 5) is 15.3. The minimum absolute atomic E-state index is 0.00398. The van der Waals surface area contributed by atoms with Crippen LogP contribution in [0.4, 0.5) is 0 Å². The summed E-state index contributed by atoms with van der Waals surface area (Å²) in [5.41, 5.74) is 2.84. The quantitative estimate of drug-likeness (QED) is 0.340. The van der Waals surface area contributed by atoms with Crippen molar-refractivity contribution < 1.29 is 17.9 Å². The summed E-state index contributed by atoms with van der Waals surface area (Å²) in [5.74, 6) is -0.0475. The molecular formula is C24H29N3O4S. The van der Waals surface area contributed by atoms with Crippen LogP contribution in [0.2, 0.25) is 0 Å². The number of benzene rings is 2. The van der Waals surface area contributed by atoms with E-state index in [9.17, 15) is 13.2 Å². The van der Waals surface area contributed by atoms with Gasteiger partial charge < -0.3 is 9.30 Å².